The van der Waals surface area contributed by atoms with E-state index in [4.69, 9.17) is 4.42 Å². The SMILES string of the molecule is CC/C(=N\NC(=O)c1cc(C)oc1C)c1ccc(OC(F)F)cc1. The number of furan rings is 1. The fourth-order valence-corrected chi connectivity index (χ4v) is 2.21. The monoisotopic (exact) mass is 336 g/mol. The molecule has 2 aromatic rings. The number of nitrogens with one attached hydrogen (secondary N) is 1. The zero-order valence-electron chi connectivity index (χ0n) is 13.6. The van der Waals surface area contributed by atoms with E-state index in [-0.39, 0.29) is 11.7 Å². The summed E-state index contributed by atoms with van der Waals surface area (Å²) in [6.45, 7) is 2.47. The van der Waals surface area contributed by atoms with Crippen molar-refractivity contribution in [2.75, 3.05) is 0 Å². The van der Waals surface area contributed by atoms with Crippen LogP contribution in [0.25, 0.3) is 0 Å². The van der Waals surface area contributed by atoms with Crippen LogP contribution in [-0.2, 0) is 0 Å². The highest BCUT2D eigenvalue weighted by Crippen LogP contribution is 2.16. The van der Waals surface area contributed by atoms with Crippen LogP contribution in [-0.4, -0.2) is 18.2 Å². The zero-order chi connectivity index (χ0) is 17.7. The van der Waals surface area contributed by atoms with Gasteiger partial charge in [-0.1, -0.05) is 6.92 Å². The van der Waals surface area contributed by atoms with Crippen molar-refractivity contribution in [2.24, 2.45) is 5.10 Å². The van der Waals surface area contributed by atoms with Gasteiger partial charge in [0.2, 0.25) is 0 Å². The number of halogens is 2. The largest absolute Gasteiger partial charge is 0.466 e. The van der Waals surface area contributed by atoms with Crippen LogP contribution in [0, 0.1) is 13.8 Å². The molecule has 5 nitrogen and oxygen atoms in total. The summed E-state index contributed by atoms with van der Waals surface area (Å²) in [5.41, 5.74) is 4.23. The van der Waals surface area contributed by atoms with E-state index in [1.807, 2.05) is 6.92 Å². The molecule has 0 fully saturated rings. The summed E-state index contributed by atoms with van der Waals surface area (Å²) in [7, 11) is 0. The first-order valence-corrected chi connectivity index (χ1v) is 7.40. The van der Waals surface area contributed by atoms with Crippen LogP contribution in [0.3, 0.4) is 0 Å². The number of rotatable bonds is 6. The Balaban J connectivity index is 2.11. The molecule has 0 aliphatic rings. The lowest BCUT2D eigenvalue weighted by molar-refractivity contribution is -0.0498. The summed E-state index contributed by atoms with van der Waals surface area (Å²) in [5.74, 6) is 0.865. The molecule has 0 radical (unpaired) electrons. The normalized spacial score (nSPS) is 11.7. The molecule has 2 rings (SSSR count). The van der Waals surface area contributed by atoms with Gasteiger partial charge >= 0.3 is 6.61 Å². The van der Waals surface area contributed by atoms with Gasteiger partial charge in [-0.2, -0.15) is 13.9 Å². The van der Waals surface area contributed by atoms with Crippen LogP contribution in [0.2, 0.25) is 0 Å². The number of nitrogens with zero attached hydrogens (tertiary/aromatic N) is 1. The van der Waals surface area contributed by atoms with Crippen molar-refractivity contribution in [3.05, 3.63) is 53.0 Å². The highest BCUT2D eigenvalue weighted by Gasteiger charge is 2.13. The van der Waals surface area contributed by atoms with Gasteiger partial charge in [-0.05, 0) is 56.2 Å². The second kappa shape index (κ2) is 7.72. The molecule has 1 amide bonds. The van der Waals surface area contributed by atoms with Crippen LogP contribution in [0.15, 0.2) is 39.9 Å². The fourth-order valence-electron chi connectivity index (χ4n) is 2.21. The van der Waals surface area contributed by atoms with E-state index in [1.54, 1.807) is 32.0 Å². The molecule has 24 heavy (non-hydrogen) atoms. The fraction of sp³-hybridized carbons (Fsp3) is 0.294. The number of alkyl halides is 2. The summed E-state index contributed by atoms with van der Waals surface area (Å²) in [5, 5.41) is 4.12. The Morgan fingerprint density at radius 1 is 1.29 bits per heavy atom. The van der Waals surface area contributed by atoms with Crippen LogP contribution >= 0.6 is 0 Å². The Labute approximate surface area is 138 Å². The number of carbonyl (C=O) groups is 1. The molecule has 0 aliphatic heterocycles. The summed E-state index contributed by atoms with van der Waals surface area (Å²) in [4.78, 5) is 12.1. The van der Waals surface area contributed by atoms with Crippen molar-refractivity contribution in [1.82, 2.24) is 5.43 Å². The maximum atomic E-state index is 12.1. The standard InChI is InChI=1S/C17H18F2N2O3/c1-4-15(12-5-7-13(8-6-12)24-17(18)19)20-21-16(22)14-9-10(2)23-11(14)3/h5-9,17H,4H2,1-3H3,(H,21,22)/b20-15+. The Kier molecular flexibility index (Phi) is 5.68. The number of aryl methyl sites for hydroxylation is 2. The van der Waals surface area contributed by atoms with Crippen LogP contribution < -0.4 is 10.2 Å². The first kappa shape index (κ1) is 17.7. The molecule has 0 bridgehead atoms. The van der Waals surface area contributed by atoms with Crippen LogP contribution in [0.1, 0.15) is 40.8 Å². The molecule has 0 unspecified atom stereocenters. The number of hydrogen-bond acceptors (Lipinski definition) is 4. The van der Waals surface area contributed by atoms with Crippen molar-refractivity contribution in [1.29, 1.82) is 0 Å². The number of carbonyl (C=O) groups excluding carboxylic acids is 1. The number of hydrazone groups is 1. The highest BCUT2D eigenvalue weighted by molar-refractivity contribution is 6.02. The van der Waals surface area contributed by atoms with E-state index < -0.39 is 6.61 Å². The maximum absolute atomic E-state index is 12.1. The third kappa shape index (κ3) is 4.41. The summed E-state index contributed by atoms with van der Waals surface area (Å²) in [6.07, 6.45) is 0.554. The highest BCUT2D eigenvalue weighted by atomic mass is 19.3. The molecule has 7 heteroatoms. The van der Waals surface area contributed by atoms with Gasteiger partial charge in [-0.15, -0.1) is 0 Å². The van der Waals surface area contributed by atoms with Gasteiger partial charge in [-0.25, -0.2) is 5.43 Å². The molecular weight excluding hydrogens is 318 g/mol. The van der Waals surface area contributed by atoms with Crippen molar-refractivity contribution < 1.29 is 22.7 Å². The van der Waals surface area contributed by atoms with E-state index in [0.29, 0.717) is 34.8 Å². The third-order valence-electron chi connectivity index (χ3n) is 3.33. The van der Waals surface area contributed by atoms with Gasteiger partial charge in [0.25, 0.3) is 5.91 Å². The first-order valence-electron chi connectivity index (χ1n) is 7.40. The van der Waals surface area contributed by atoms with Gasteiger partial charge < -0.3 is 9.15 Å². The number of ether oxygens (including phenoxy) is 1. The molecule has 128 valence electrons. The van der Waals surface area contributed by atoms with Gasteiger partial charge in [0.05, 0.1) is 11.3 Å². The van der Waals surface area contributed by atoms with Gasteiger partial charge in [0.1, 0.15) is 17.3 Å². The van der Waals surface area contributed by atoms with Gasteiger partial charge in [-0.3, -0.25) is 4.79 Å². The van der Waals surface area contributed by atoms with Crippen molar-refractivity contribution in [3.8, 4) is 5.75 Å². The van der Waals surface area contributed by atoms with Crippen molar-refractivity contribution >= 4 is 11.6 Å². The van der Waals surface area contributed by atoms with Crippen molar-refractivity contribution in [2.45, 2.75) is 33.8 Å². The Hall–Kier alpha value is -2.70. The Bertz CT molecular complexity index is 737. The lowest BCUT2D eigenvalue weighted by atomic mass is 10.1. The minimum Gasteiger partial charge on any atom is -0.466 e. The average Bonchev–Trinajstić information content (AvgIpc) is 2.87. The van der Waals surface area contributed by atoms with E-state index in [2.05, 4.69) is 15.3 Å². The Morgan fingerprint density at radius 2 is 1.96 bits per heavy atom. The average molecular weight is 336 g/mol. The molecule has 1 aromatic carbocycles. The topological polar surface area (TPSA) is 63.8 Å². The maximum Gasteiger partial charge on any atom is 0.387 e. The van der Waals surface area contributed by atoms with Gasteiger partial charge in [0.15, 0.2) is 0 Å². The van der Waals surface area contributed by atoms with Crippen LogP contribution in [0.4, 0.5) is 8.78 Å². The summed E-state index contributed by atoms with van der Waals surface area (Å²) in [6, 6.07) is 7.72. The lowest BCUT2D eigenvalue weighted by Gasteiger charge is -2.07. The predicted molar refractivity (Wildman–Crippen MR) is 85.6 cm³/mol. The third-order valence-corrected chi connectivity index (χ3v) is 3.33. The molecule has 0 atom stereocenters. The molecule has 0 saturated carbocycles. The Morgan fingerprint density at radius 3 is 2.46 bits per heavy atom. The molecule has 0 aliphatic carbocycles. The minimum absolute atomic E-state index is 0.0673. The number of hydrogen-bond donors (Lipinski definition) is 1. The van der Waals surface area contributed by atoms with E-state index in [9.17, 15) is 13.6 Å². The molecule has 1 heterocycles. The quantitative estimate of drug-likeness (QED) is 0.639. The first-order chi connectivity index (χ1) is 11.4. The molecule has 1 N–H and O–H groups in total. The molecular formula is C17H18F2N2O3. The number of benzene rings is 1. The summed E-state index contributed by atoms with van der Waals surface area (Å²) >= 11 is 0. The van der Waals surface area contributed by atoms with E-state index >= 15 is 0 Å². The zero-order valence-corrected chi connectivity index (χ0v) is 13.6. The second-order valence-corrected chi connectivity index (χ2v) is 5.08. The molecule has 0 spiro atoms. The van der Waals surface area contributed by atoms with Gasteiger partial charge in [0, 0.05) is 0 Å². The minimum atomic E-state index is -2.86. The predicted octanol–water partition coefficient (Wildman–Crippen LogP) is 4.04. The van der Waals surface area contributed by atoms with E-state index in [1.165, 1.54) is 12.1 Å². The molecule has 1 aromatic heterocycles. The van der Waals surface area contributed by atoms with Crippen molar-refractivity contribution in [3.63, 3.8) is 0 Å². The molecule has 0 saturated heterocycles. The van der Waals surface area contributed by atoms with Crippen LogP contribution in [0.5, 0.6) is 5.75 Å². The second-order valence-electron chi connectivity index (χ2n) is 5.08. The number of amides is 1. The lowest BCUT2D eigenvalue weighted by Crippen LogP contribution is -2.20. The smallest absolute Gasteiger partial charge is 0.387 e. The summed E-state index contributed by atoms with van der Waals surface area (Å²) < 4.78 is 33.9. The van der Waals surface area contributed by atoms with E-state index in [0.717, 1.165) is 0 Å².